The van der Waals surface area contributed by atoms with Gasteiger partial charge in [0.15, 0.2) is 0 Å². The van der Waals surface area contributed by atoms with Gasteiger partial charge in [0.2, 0.25) is 0 Å². The van der Waals surface area contributed by atoms with Crippen molar-refractivity contribution < 1.29 is 9.50 Å². The number of halogens is 1. The predicted octanol–water partition coefficient (Wildman–Crippen LogP) is 1.20. The average Bonchev–Trinajstić information content (AvgIpc) is 2.88. The lowest BCUT2D eigenvalue weighted by molar-refractivity contribution is 0.268. The number of nitrogens with one attached hydrogen (secondary N) is 1. The number of nitrogens with zero attached hydrogens (tertiary/aromatic N) is 4. The van der Waals surface area contributed by atoms with Crippen LogP contribution in [0.1, 0.15) is 16.8 Å². The summed E-state index contributed by atoms with van der Waals surface area (Å²) in [5.74, 6) is -0.421. The molecule has 2 rings (SSSR count). The average molecular weight is 275 g/mol. The molecule has 0 unspecified atom stereocenters. The molecule has 0 amide bonds. The molecule has 0 radical (unpaired) electrons. The van der Waals surface area contributed by atoms with Crippen molar-refractivity contribution in [1.82, 2.24) is 15.0 Å². The highest BCUT2D eigenvalue weighted by atomic mass is 19.1. The third-order valence-electron chi connectivity index (χ3n) is 2.85. The molecule has 0 fully saturated rings. The van der Waals surface area contributed by atoms with E-state index >= 15 is 0 Å². The Morgan fingerprint density at radius 2 is 2.30 bits per heavy atom. The summed E-state index contributed by atoms with van der Waals surface area (Å²) in [6.45, 7) is 2.37. The maximum Gasteiger partial charge on any atom is 0.129 e. The van der Waals surface area contributed by atoms with E-state index < -0.39 is 5.82 Å². The van der Waals surface area contributed by atoms with Gasteiger partial charge in [-0.25, -0.2) is 9.07 Å². The summed E-state index contributed by atoms with van der Waals surface area (Å²) in [6.07, 6.45) is 1.70. The van der Waals surface area contributed by atoms with Crippen LogP contribution in [0.2, 0.25) is 0 Å². The number of hydrogen-bond acceptors (Lipinski definition) is 5. The van der Waals surface area contributed by atoms with Gasteiger partial charge in [0.1, 0.15) is 11.5 Å². The van der Waals surface area contributed by atoms with Crippen LogP contribution in [-0.4, -0.2) is 26.7 Å². The summed E-state index contributed by atoms with van der Waals surface area (Å²) in [4.78, 5) is 0. The molecule has 1 heterocycles. The van der Waals surface area contributed by atoms with Crippen LogP contribution in [-0.2, 0) is 13.1 Å². The number of aliphatic hydroxyl groups is 1. The number of aromatic nitrogens is 3. The zero-order valence-electron chi connectivity index (χ0n) is 11.0. The van der Waals surface area contributed by atoms with E-state index in [2.05, 4.69) is 15.6 Å². The molecule has 0 bridgehead atoms. The quantitative estimate of drug-likeness (QED) is 0.856. The van der Waals surface area contributed by atoms with Gasteiger partial charge in [0.05, 0.1) is 37.5 Å². The summed E-state index contributed by atoms with van der Waals surface area (Å²) in [5, 5.41) is 28.4. The molecule has 0 saturated heterocycles. The second-order valence-corrected chi connectivity index (χ2v) is 4.29. The van der Waals surface area contributed by atoms with E-state index in [4.69, 9.17) is 10.4 Å². The standard InChI is InChI=1S/C13H14FN5O/c1-9-12(14)4-10(6-15)5-13(9)16-7-11-8-19(2-3-20)18-17-11/h4-5,8,16,20H,2-3,7H2,1H3. The predicted molar refractivity (Wildman–Crippen MR) is 70.3 cm³/mol. The topological polar surface area (TPSA) is 86.8 Å². The van der Waals surface area contributed by atoms with Crippen LogP contribution in [0, 0.1) is 24.1 Å². The zero-order chi connectivity index (χ0) is 14.5. The van der Waals surface area contributed by atoms with Crippen LogP contribution in [0.5, 0.6) is 0 Å². The van der Waals surface area contributed by atoms with Crippen LogP contribution >= 0.6 is 0 Å². The number of benzene rings is 1. The Balaban J connectivity index is 2.10. The molecule has 7 heteroatoms. The SMILES string of the molecule is Cc1c(F)cc(C#N)cc1NCc1cn(CCO)nn1. The van der Waals surface area contributed by atoms with Crippen LogP contribution in [0.25, 0.3) is 0 Å². The van der Waals surface area contributed by atoms with E-state index in [-0.39, 0.29) is 12.2 Å². The summed E-state index contributed by atoms with van der Waals surface area (Å²) in [7, 11) is 0. The lowest BCUT2D eigenvalue weighted by Crippen LogP contribution is -2.04. The lowest BCUT2D eigenvalue weighted by atomic mass is 10.1. The highest BCUT2D eigenvalue weighted by molar-refractivity contribution is 5.55. The van der Waals surface area contributed by atoms with E-state index in [1.165, 1.54) is 10.7 Å². The Morgan fingerprint density at radius 1 is 1.50 bits per heavy atom. The van der Waals surface area contributed by atoms with Gasteiger partial charge in [0.25, 0.3) is 0 Å². The molecule has 1 aromatic carbocycles. The van der Waals surface area contributed by atoms with Crippen molar-refractivity contribution in [2.75, 3.05) is 11.9 Å². The van der Waals surface area contributed by atoms with Gasteiger partial charge in [-0.05, 0) is 19.1 Å². The van der Waals surface area contributed by atoms with Crippen molar-refractivity contribution >= 4 is 5.69 Å². The first-order valence-corrected chi connectivity index (χ1v) is 6.08. The molecule has 0 atom stereocenters. The molecule has 1 aromatic heterocycles. The molecular formula is C13H14FN5O. The summed E-state index contributed by atoms with van der Waals surface area (Å²) in [5.41, 5.74) is 1.94. The van der Waals surface area contributed by atoms with Crippen LogP contribution in [0.15, 0.2) is 18.3 Å². The zero-order valence-corrected chi connectivity index (χ0v) is 11.0. The summed E-state index contributed by atoms with van der Waals surface area (Å²) >= 11 is 0. The van der Waals surface area contributed by atoms with E-state index in [1.54, 1.807) is 19.2 Å². The van der Waals surface area contributed by atoms with Gasteiger partial charge in [0, 0.05) is 11.3 Å². The molecule has 0 aliphatic rings. The van der Waals surface area contributed by atoms with Crippen LogP contribution < -0.4 is 5.32 Å². The second-order valence-electron chi connectivity index (χ2n) is 4.29. The molecule has 104 valence electrons. The van der Waals surface area contributed by atoms with E-state index in [9.17, 15) is 4.39 Å². The highest BCUT2D eigenvalue weighted by Crippen LogP contribution is 2.20. The minimum Gasteiger partial charge on any atom is -0.394 e. The van der Waals surface area contributed by atoms with Gasteiger partial charge in [-0.15, -0.1) is 5.10 Å². The Morgan fingerprint density at radius 3 is 3.00 bits per heavy atom. The van der Waals surface area contributed by atoms with E-state index in [1.807, 2.05) is 6.07 Å². The Bertz CT molecular complexity index is 647. The van der Waals surface area contributed by atoms with Crippen LogP contribution in [0.4, 0.5) is 10.1 Å². The van der Waals surface area contributed by atoms with E-state index in [0.29, 0.717) is 30.0 Å². The highest BCUT2D eigenvalue weighted by Gasteiger charge is 2.08. The fraction of sp³-hybridized carbons (Fsp3) is 0.308. The molecule has 2 aromatic rings. The van der Waals surface area contributed by atoms with Crippen LogP contribution in [0.3, 0.4) is 0 Å². The number of aliphatic hydroxyl groups excluding tert-OH is 1. The molecule has 0 aliphatic carbocycles. The minimum atomic E-state index is -0.421. The van der Waals surface area contributed by atoms with Crippen molar-refractivity contribution in [1.29, 1.82) is 5.26 Å². The van der Waals surface area contributed by atoms with E-state index in [0.717, 1.165) is 0 Å². The summed E-state index contributed by atoms with van der Waals surface area (Å²) in [6, 6.07) is 4.71. The normalized spacial score (nSPS) is 10.3. The van der Waals surface area contributed by atoms with Crippen molar-refractivity contribution in [3.63, 3.8) is 0 Å². The lowest BCUT2D eigenvalue weighted by Gasteiger charge is -2.09. The Kier molecular flexibility index (Phi) is 4.27. The number of hydrogen-bond donors (Lipinski definition) is 2. The third-order valence-corrected chi connectivity index (χ3v) is 2.85. The number of anilines is 1. The van der Waals surface area contributed by atoms with Crippen molar-refractivity contribution in [3.05, 3.63) is 41.0 Å². The minimum absolute atomic E-state index is 0.00916. The third kappa shape index (κ3) is 3.10. The van der Waals surface area contributed by atoms with Gasteiger partial charge in [-0.1, -0.05) is 5.21 Å². The smallest absolute Gasteiger partial charge is 0.129 e. The van der Waals surface area contributed by atoms with Crippen molar-refractivity contribution in [3.8, 4) is 6.07 Å². The number of nitriles is 1. The molecule has 0 saturated carbocycles. The van der Waals surface area contributed by atoms with Gasteiger partial charge >= 0.3 is 0 Å². The maximum atomic E-state index is 13.6. The fourth-order valence-electron chi connectivity index (χ4n) is 1.74. The molecule has 0 spiro atoms. The Hall–Kier alpha value is -2.46. The van der Waals surface area contributed by atoms with Gasteiger partial charge in [-0.2, -0.15) is 5.26 Å². The first kappa shape index (κ1) is 14.0. The van der Waals surface area contributed by atoms with Gasteiger partial charge < -0.3 is 10.4 Å². The molecule has 0 aliphatic heterocycles. The first-order chi connectivity index (χ1) is 9.63. The molecule has 6 nitrogen and oxygen atoms in total. The molecule has 20 heavy (non-hydrogen) atoms. The Labute approximate surface area is 115 Å². The molecule has 2 N–H and O–H groups in total. The fourth-order valence-corrected chi connectivity index (χ4v) is 1.74. The number of rotatable bonds is 5. The molecular weight excluding hydrogens is 261 g/mol. The monoisotopic (exact) mass is 275 g/mol. The van der Waals surface area contributed by atoms with Crippen molar-refractivity contribution in [2.24, 2.45) is 0 Å². The van der Waals surface area contributed by atoms with Gasteiger partial charge in [-0.3, -0.25) is 0 Å². The largest absolute Gasteiger partial charge is 0.394 e. The maximum absolute atomic E-state index is 13.6. The second kappa shape index (κ2) is 6.12. The van der Waals surface area contributed by atoms with Crippen molar-refractivity contribution in [2.45, 2.75) is 20.0 Å². The first-order valence-electron chi connectivity index (χ1n) is 6.08. The summed E-state index contributed by atoms with van der Waals surface area (Å²) < 4.78 is 15.1.